The third kappa shape index (κ3) is 6.78. The molecule has 0 aliphatic carbocycles. The predicted octanol–water partition coefficient (Wildman–Crippen LogP) is 14.3. The average molecular weight is 871 g/mol. The first-order chi connectivity index (χ1) is 33.7. The predicted molar refractivity (Wildman–Crippen MR) is 275 cm³/mol. The summed E-state index contributed by atoms with van der Waals surface area (Å²) < 4.78 is 4.52. The van der Waals surface area contributed by atoms with Gasteiger partial charge in [-0.1, -0.05) is 176 Å². The standard InChI is InChI=1S/C60H38N8/c1-5-18-39(19-6-1)55-61-56(40-20-7-2-8-21-40)63-59(62-55)45-33-35-54-50(38-45)49-37-44(43-26-17-27-46(36-43)67-51-30-15-13-28-47(51)48-29-14-16-31-52(48)67)32-34-53(49)68(54)60-65-57(41-22-9-3-10-23-41)64-58(66-60)42-24-11-4-12-25-42/h1-38H. The summed E-state index contributed by atoms with van der Waals surface area (Å²) in [6, 6.07) is 79.5. The largest absolute Gasteiger partial charge is 0.309 e. The SMILES string of the molecule is c1ccc(-c2nc(-c3ccccc3)nc(-c3ccc4c(c3)c3cc(-c5cccc(-n6c7ccccc7c7ccccc76)c5)ccc3n4-c3nc(-c4ccccc4)nc(-c4ccccc4)n3)n2)cc1. The third-order valence-electron chi connectivity index (χ3n) is 12.6. The Labute approximate surface area is 391 Å². The van der Waals surface area contributed by atoms with Gasteiger partial charge in [-0.25, -0.2) is 19.9 Å². The van der Waals surface area contributed by atoms with Gasteiger partial charge < -0.3 is 4.57 Å². The zero-order chi connectivity index (χ0) is 45.0. The van der Waals surface area contributed by atoms with E-state index in [1.165, 1.54) is 21.8 Å². The molecule has 8 nitrogen and oxygen atoms in total. The maximum atomic E-state index is 5.22. The maximum absolute atomic E-state index is 5.22. The summed E-state index contributed by atoms with van der Waals surface area (Å²) in [4.78, 5) is 30.7. The van der Waals surface area contributed by atoms with E-state index in [1.807, 2.05) is 121 Å². The topological polar surface area (TPSA) is 87.2 Å². The number of benzene rings is 9. The summed E-state index contributed by atoms with van der Waals surface area (Å²) >= 11 is 0. The molecule has 0 saturated heterocycles. The summed E-state index contributed by atoms with van der Waals surface area (Å²) in [5.74, 6) is 3.49. The van der Waals surface area contributed by atoms with Crippen LogP contribution in [0.1, 0.15) is 0 Å². The molecule has 0 unspecified atom stereocenters. The molecule has 318 valence electrons. The quantitative estimate of drug-likeness (QED) is 0.151. The Hall–Kier alpha value is -9.40. The molecular weight excluding hydrogens is 833 g/mol. The van der Waals surface area contributed by atoms with E-state index in [4.69, 9.17) is 29.9 Å². The molecule has 13 rings (SSSR count). The Balaban J connectivity index is 1.04. The molecule has 0 saturated carbocycles. The molecule has 0 aliphatic heterocycles. The number of para-hydroxylation sites is 2. The van der Waals surface area contributed by atoms with Crippen molar-refractivity contribution in [2.75, 3.05) is 0 Å². The first-order valence-corrected chi connectivity index (χ1v) is 22.6. The molecule has 68 heavy (non-hydrogen) atoms. The summed E-state index contributed by atoms with van der Waals surface area (Å²) in [6.07, 6.45) is 0. The summed E-state index contributed by atoms with van der Waals surface area (Å²) in [7, 11) is 0. The molecule has 0 radical (unpaired) electrons. The van der Waals surface area contributed by atoms with Crippen molar-refractivity contribution in [3.63, 3.8) is 0 Å². The van der Waals surface area contributed by atoms with Crippen LogP contribution in [0.2, 0.25) is 0 Å². The van der Waals surface area contributed by atoms with Gasteiger partial charge in [0.15, 0.2) is 29.1 Å². The van der Waals surface area contributed by atoms with E-state index in [-0.39, 0.29) is 0 Å². The Morgan fingerprint density at radius 3 is 1.06 bits per heavy atom. The van der Waals surface area contributed by atoms with Gasteiger partial charge in [0.05, 0.1) is 22.1 Å². The van der Waals surface area contributed by atoms with Gasteiger partial charge in [-0.2, -0.15) is 9.97 Å². The van der Waals surface area contributed by atoms with Crippen LogP contribution in [0.4, 0.5) is 0 Å². The van der Waals surface area contributed by atoms with Gasteiger partial charge in [0.1, 0.15) is 0 Å². The smallest absolute Gasteiger partial charge is 0.238 e. The van der Waals surface area contributed by atoms with Gasteiger partial charge in [-0.15, -0.1) is 0 Å². The molecule has 0 amide bonds. The van der Waals surface area contributed by atoms with Crippen LogP contribution in [0.5, 0.6) is 0 Å². The molecule has 0 aliphatic rings. The van der Waals surface area contributed by atoms with Crippen LogP contribution in [0, 0.1) is 0 Å². The van der Waals surface area contributed by atoms with Gasteiger partial charge in [0.25, 0.3) is 0 Å². The number of hydrogen-bond acceptors (Lipinski definition) is 6. The number of nitrogens with zero attached hydrogens (tertiary/aromatic N) is 8. The Morgan fingerprint density at radius 1 is 0.221 bits per heavy atom. The Bertz CT molecular complexity index is 3850. The van der Waals surface area contributed by atoms with Gasteiger partial charge >= 0.3 is 0 Å². The van der Waals surface area contributed by atoms with Crippen molar-refractivity contribution < 1.29 is 0 Å². The molecule has 9 aromatic carbocycles. The maximum Gasteiger partial charge on any atom is 0.238 e. The summed E-state index contributed by atoms with van der Waals surface area (Å²) in [5, 5.41) is 4.49. The minimum Gasteiger partial charge on any atom is -0.309 e. The fraction of sp³-hybridized carbons (Fsp3) is 0. The molecule has 4 aromatic heterocycles. The monoisotopic (exact) mass is 870 g/mol. The molecule has 0 N–H and O–H groups in total. The molecule has 0 fully saturated rings. The fourth-order valence-corrected chi connectivity index (χ4v) is 9.42. The lowest BCUT2D eigenvalue weighted by atomic mass is 10.0. The van der Waals surface area contributed by atoms with Gasteiger partial charge in [0.2, 0.25) is 5.95 Å². The highest BCUT2D eigenvalue weighted by atomic mass is 15.2. The molecule has 0 bridgehead atoms. The zero-order valence-electron chi connectivity index (χ0n) is 36.5. The van der Waals surface area contributed by atoms with E-state index in [1.54, 1.807) is 0 Å². The second kappa shape index (κ2) is 16.2. The highest BCUT2D eigenvalue weighted by Gasteiger charge is 2.21. The molecule has 13 aromatic rings. The number of aromatic nitrogens is 8. The first-order valence-electron chi connectivity index (χ1n) is 22.6. The lowest BCUT2D eigenvalue weighted by Gasteiger charge is -2.12. The van der Waals surface area contributed by atoms with Crippen molar-refractivity contribution in [3.05, 3.63) is 231 Å². The van der Waals surface area contributed by atoms with Crippen molar-refractivity contribution in [2.24, 2.45) is 0 Å². The van der Waals surface area contributed by atoms with E-state index in [2.05, 4.69) is 118 Å². The lowest BCUT2D eigenvalue weighted by Crippen LogP contribution is -2.06. The Kier molecular flexibility index (Phi) is 9.31. The second-order valence-corrected chi connectivity index (χ2v) is 16.8. The van der Waals surface area contributed by atoms with Crippen LogP contribution >= 0.6 is 0 Å². The molecule has 8 heteroatoms. The molecule has 4 heterocycles. The van der Waals surface area contributed by atoms with Crippen LogP contribution in [0.15, 0.2) is 231 Å². The normalized spacial score (nSPS) is 11.5. The summed E-state index contributed by atoms with van der Waals surface area (Å²) in [5.41, 5.74) is 12.0. The number of fused-ring (bicyclic) bond motifs is 6. The zero-order valence-corrected chi connectivity index (χ0v) is 36.5. The molecule has 0 spiro atoms. The van der Waals surface area contributed by atoms with Crippen molar-refractivity contribution >= 4 is 43.6 Å². The second-order valence-electron chi connectivity index (χ2n) is 16.8. The third-order valence-corrected chi connectivity index (χ3v) is 12.6. The van der Waals surface area contributed by atoms with E-state index in [0.29, 0.717) is 35.1 Å². The fourth-order valence-electron chi connectivity index (χ4n) is 9.42. The highest BCUT2D eigenvalue weighted by Crippen LogP contribution is 2.39. The van der Waals surface area contributed by atoms with E-state index < -0.39 is 0 Å². The van der Waals surface area contributed by atoms with Crippen LogP contribution in [0.25, 0.3) is 123 Å². The van der Waals surface area contributed by atoms with Crippen LogP contribution < -0.4 is 0 Å². The van der Waals surface area contributed by atoms with E-state index >= 15 is 0 Å². The van der Waals surface area contributed by atoms with Gasteiger partial charge in [-0.3, -0.25) is 4.57 Å². The minimum absolute atomic E-state index is 0.518. The van der Waals surface area contributed by atoms with Crippen molar-refractivity contribution in [3.8, 4) is 79.7 Å². The minimum atomic E-state index is 0.518. The van der Waals surface area contributed by atoms with Crippen molar-refractivity contribution in [2.45, 2.75) is 0 Å². The highest BCUT2D eigenvalue weighted by molar-refractivity contribution is 6.12. The van der Waals surface area contributed by atoms with Crippen LogP contribution in [-0.2, 0) is 0 Å². The van der Waals surface area contributed by atoms with Gasteiger partial charge in [0, 0.05) is 55.0 Å². The molecular formula is C60H38N8. The lowest BCUT2D eigenvalue weighted by molar-refractivity contribution is 0.953. The van der Waals surface area contributed by atoms with E-state index in [9.17, 15) is 0 Å². The molecule has 0 atom stereocenters. The number of rotatable bonds is 8. The van der Waals surface area contributed by atoms with Crippen LogP contribution in [-0.4, -0.2) is 39.0 Å². The number of hydrogen-bond donors (Lipinski definition) is 0. The summed E-state index contributed by atoms with van der Waals surface area (Å²) in [6.45, 7) is 0. The van der Waals surface area contributed by atoms with E-state index in [0.717, 1.165) is 66.4 Å². The Morgan fingerprint density at radius 2 is 0.574 bits per heavy atom. The first kappa shape index (κ1) is 39.0. The van der Waals surface area contributed by atoms with Crippen molar-refractivity contribution in [1.29, 1.82) is 0 Å². The van der Waals surface area contributed by atoms with Gasteiger partial charge in [-0.05, 0) is 65.7 Å². The average Bonchev–Trinajstić information content (AvgIpc) is 3.94. The van der Waals surface area contributed by atoms with Crippen LogP contribution in [0.3, 0.4) is 0 Å². The van der Waals surface area contributed by atoms with Crippen molar-refractivity contribution in [1.82, 2.24) is 39.0 Å².